The monoisotopic (exact) mass is 168 g/mol. The molecule has 1 aliphatic carbocycles. The Labute approximate surface area is 73.3 Å². The summed E-state index contributed by atoms with van der Waals surface area (Å²) < 4.78 is 0. The minimum Gasteiger partial charge on any atom is -0.303 e. The van der Waals surface area contributed by atoms with Gasteiger partial charge in [-0.1, -0.05) is 13.8 Å². The van der Waals surface area contributed by atoms with Crippen LogP contribution in [0.1, 0.15) is 26.7 Å². The van der Waals surface area contributed by atoms with Crippen molar-refractivity contribution in [3.05, 3.63) is 0 Å². The molecule has 0 N–H and O–H groups in total. The molecule has 68 valence electrons. The van der Waals surface area contributed by atoms with Crippen LogP contribution in [-0.4, -0.2) is 12.6 Å². The van der Waals surface area contributed by atoms with Crippen molar-refractivity contribution in [1.82, 2.24) is 0 Å². The first-order valence-corrected chi connectivity index (χ1v) is 4.61. The van der Waals surface area contributed by atoms with Gasteiger partial charge in [-0.15, -0.1) is 0 Å². The van der Waals surface area contributed by atoms with Crippen LogP contribution >= 0.6 is 0 Å². The maximum absolute atomic E-state index is 10.7. The summed E-state index contributed by atoms with van der Waals surface area (Å²) in [5, 5.41) is 0. The van der Waals surface area contributed by atoms with E-state index in [4.69, 9.17) is 0 Å². The molecule has 0 aromatic carbocycles. The lowest BCUT2D eigenvalue weighted by molar-refractivity contribution is -0.116. The zero-order valence-corrected chi connectivity index (χ0v) is 7.69. The quantitative estimate of drug-likeness (QED) is 0.601. The molecule has 0 aromatic rings. The largest absolute Gasteiger partial charge is 0.303 e. The van der Waals surface area contributed by atoms with Gasteiger partial charge in [0.1, 0.15) is 12.6 Å². The van der Waals surface area contributed by atoms with E-state index in [1.807, 2.05) is 6.92 Å². The molecule has 1 rings (SSSR count). The highest BCUT2D eigenvalue weighted by Gasteiger charge is 2.35. The van der Waals surface area contributed by atoms with Crippen LogP contribution in [-0.2, 0) is 9.59 Å². The van der Waals surface area contributed by atoms with Gasteiger partial charge in [-0.2, -0.15) is 0 Å². The van der Waals surface area contributed by atoms with Crippen LogP contribution in [0.15, 0.2) is 0 Å². The van der Waals surface area contributed by atoms with E-state index in [1.165, 1.54) is 0 Å². The fourth-order valence-electron chi connectivity index (χ4n) is 2.21. The van der Waals surface area contributed by atoms with E-state index in [1.54, 1.807) is 0 Å². The summed E-state index contributed by atoms with van der Waals surface area (Å²) in [6, 6.07) is 0. The Kier molecular flexibility index (Phi) is 3.01. The zero-order chi connectivity index (χ0) is 9.14. The lowest BCUT2D eigenvalue weighted by Crippen LogP contribution is -2.21. The van der Waals surface area contributed by atoms with Crippen LogP contribution in [0.5, 0.6) is 0 Å². The van der Waals surface area contributed by atoms with Crippen molar-refractivity contribution in [2.45, 2.75) is 26.7 Å². The van der Waals surface area contributed by atoms with E-state index in [-0.39, 0.29) is 11.8 Å². The van der Waals surface area contributed by atoms with Gasteiger partial charge in [-0.05, 0) is 24.7 Å². The molecule has 0 bridgehead atoms. The second-order valence-electron chi connectivity index (χ2n) is 3.93. The molecule has 12 heavy (non-hydrogen) atoms. The maximum atomic E-state index is 10.7. The number of carbonyl (C=O) groups is 2. The summed E-state index contributed by atoms with van der Waals surface area (Å²) in [5.74, 6) is 0.931. The Morgan fingerprint density at radius 3 is 2.50 bits per heavy atom. The van der Waals surface area contributed by atoms with Crippen LogP contribution < -0.4 is 0 Å². The highest BCUT2D eigenvalue weighted by molar-refractivity contribution is 5.59. The van der Waals surface area contributed by atoms with Gasteiger partial charge in [-0.3, -0.25) is 0 Å². The maximum Gasteiger partial charge on any atom is 0.123 e. The summed E-state index contributed by atoms with van der Waals surface area (Å²) >= 11 is 0. The first-order chi connectivity index (χ1) is 5.70. The lowest BCUT2D eigenvalue weighted by atomic mass is 9.84. The van der Waals surface area contributed by atoms with Gasteiger partial charge in [0, 0.05) is 11.8 Å². The Morgan fingerprint density at radius 1 is 1.33 bits per heavy atom. The van der Waals surface area contributed by atoms with Gasteiger partial charge in [-0.25, -0.2) is 0 Å². The van der Waals surface area contributed by atoms with Crippen LogP contribution in [0.2, 0.25) is 0 Å². The predicted octanol–water partition coefficient (Wildman–Crippen LogP) is 1.68. The van der Waals surface area contributed by atoms with Crippen molar-refractivity contribution in [2.75, 3.05) is 0 Å². The summed E-state index contributed by atoms with van der Waals surface area (Å²) in [6.45, 7) is 4.00. The predicted molar refractivity (Wildman–Crippen MR) is 46.7 cm³/mol. The third-order valence-corrected chi connectivity index (χ3v) is 3.15. The fraction of sp³-hybridized carbons (Fsp3) is 0.800. The Balaban J connectivity index is 2.65. The van der Waals surface area contributed by atoms with Gasteiger partial charge < -0.3 is 9.59 Å². The van der Waals surface area contributed by atoms with E-state index in [0.29, 0.717) is 11.8 Å². The average Bonchev–Trinajstić information content (AvgIpc) is 2.45. The summed E-state index contributed by atoms with van der Waals surface area (Å²) in [5.41, 5.74) is 0. The van der Waals surface area contributed by atoms with E-state index >= 15 is 0 Å². The molecule has 0 spiro atoms. The van der Waals surface area contributed by atoms with Gasteiger partial charge in [0.15, 0.2) is 0 Å². The Bertz CT molecular complexity index is 177. The van der Waals surface area contributed by atoms with E-state index in [9.17, 15) is 9.59 Å². The number of hydrogen-bond acceptors (Lipinski definition) is 2. The Hall–Kier alpha value is -0.660. The second kappa shape index (κ2) is 3.83. The van der Waals surface area contributed by atoms with Crippen molar-refractivity contribution in [3.8, 4) is 0 Å². The third kappa shape index (κ3) is 1.57. The molecule has 2 nitrogen and oxygen atoms in total. The fourth-order valence-corrected chi connectivity index (χ4v) is 2.21. The van der Waals surface area contributed by atoms with Gasteiger partial charge in [0.05, 0.1) is 0 Å². The number of aldehydes is 2. The zero-order valence-electron chi connectivity index (χ0n) is 7.69. The van der Waals surface area contributed by atoms with Crippen molar-refractivity contribution < 1.29 is 9.59 Å². The smallest absolute Gasteiger partial charge is 0.123 e. The van der Waals surface area contributed by atoms with Crippen LogP contribution in [0.4, 0.5) is 0 Å². The number of carbonyl (C=O) groups excluding carboxylic acids is 2. The SMILES string of the molecule is CC(C=O)[C@H]1CC[C@@H](C)[C@H]1C=O. The van der Waals surface area contributed by atoms with Gasteiger partial charge in [0.2, 0.25) is 0 Å². The first-order valence-electron chi connectivity index (χ1n) is 4.61. The molecule has 0 saturated heterocycles. The van der Waals surface area contributed by atoms with Crippen molar-refractivity contribution in [3.63, 3.8) is 0 Å². The van der Waals surface area contributed by atoms with Gasteiger partial charge >= 0.3 is 0 Å². The van der Waals surface area contributed by atoms with E-state index < -0.39 is 0 Å². The number of rotatable bonds is 3. The topological polar surface area (TPSA) is 34.1 Å². The number of hydrogen-bond donors (Lipinski definition) is 0. The molecule has 1 aliphatic rings. The molecule has 0 radical (unpaired) electrons. The molecular formula is C10H16O2. The third-order valence-electron chi connectivity index (χ3n) is 3.15. The average molecular weight is 168 g/mol. The molecule has 1 unspecified atom stereocenters. The van der Waals surface area contributed by atoms with Crippen LogP contribution in [0.25, 0.3) is 0 Å². The van der Waals surface area contributed by atoms with E-state index in [0.717, 1.165) is 25.4 Å². The summed E-state index contributed by atoms with van der Waals surface area (Å²) in [6.07, 6.45) is 4.12. The lowest BCUT2D eigenvalue weighted by Gasteiger charge is -2.19. The van der Waals surface area contributed by atoms with Crippen molar-refractivity contribution >= 4 is 12.6 Å². The molecular weight excluding hydrogens is 152 g/mol. The first kappa shape index (κ1) is 9.43. The van der Waals surface area contributed by atoms with Crippen LogP contribution in [0.3, 0.4) is 0 Å². The second-order valence-corrected chi connectivity index (χ2v) is 3.93. The van der Waals surface area contributed by atoms with Crippen LogP contribution in [0, 0.1) is 23.7 Å². The van der Waals surface area contributed by atoms with Crippen molar-refractivity contribution in [2.24, 2.45) is 23.7 Å². The minimum atomic E-state index is 0.0464. The molecule has 0 aliphatic heterocycles. The normalized spacial score (nSPS) is 37.7. The van der Waals surface area contributed by atoms with E-state index in [2.05, 4.69) is 6.92 Å². The standard InChI is InChI=1S/C10H16O2/c1-7-3-4-9(8(2)5-11)10(7)6-12/h5-10H,3-4H2,1-2H3/t7-,8?,9-,10-/m1/s1. The molecule has 4 atom stereocenters. The molecule has 0 aromatic heterocycles. The molecule has 0 heterocycles. The molecule has 2 heteroatoms. The van der Waals surface area contributed by atoms with Crippen molar-refractivity contribution in [1.29, 1.82) is 0 Å². The molecule has 1 fully saturated rings. The summed E-state index contributed by atoms with van der Waals surface area (Å²) in [4.78, 5) is 21.3. The van der Waals surface area contributed by atoms with Gasteiger partial charge in [0.25, 0.3) is 0 Å². The highest BCUT2D eigenvalue weighted by atomic mass is 16.1. The minimum absolute atomic E-state index is 0.0464. The Morgan fingerprint density at radius 2 is 2.00 bits per heavy atom. The highest BCUT2D eigenvalue weighted by Crippen LogP contribution is 2.39. The molecule has 1 saturated carbocycles. The molecule has 0 amide bonds. The summed E-state index contributed by atoms with van der Waals surface area (Å²) in [7, 11) is 0.